The number of hydrogen-bond acceptors (Lipinski definition) is 0. The van der Waals surface area contributed by atoms with Gasteiger partial charge in [0, 0.05) is 0 Å². The van der Waals surface area contributed by atoms with E-state index in [1.807, 2.05) is 6.92 Å². The van der Waals surface area contributed by atoms with Gasteiger partial charge in [0.25, 0.3) is 0 Å². The van der Waals surface area contributed by atoms with Crippen LogP contribution in [0.3, 0.4) is 0 Å². The van der Waals surface area contributed by atoms with Crippen molar-refractivity contribution >= 4 is 0 Å². The minimum Gasteiger partial charge on any atom is -0.103 e. The highest BCUT2D eigenvalue weighted by Crippen LogP contribution is 1.98. The van der Waals surface area contributed by atoms with Gasteiger partial charge in [-0.3, -0.25) is 0 Å². The van der Waals surface area contributed by atoms with Crippen LogP contribution in [0.15, 0.2) is 37.0 Å². The lowest BCUT2D eigenvalue weighted by Crippen LogP contribution is -1.67. The van der Waals surface area contributed by atoms with Crippen molar-refractivity contribution in [3.8, 4) is 0 Å². The minimum absolute atomic E-state index is 1.23. The normalized spacial score (nSPS) is 13.9. The molecule has 0 fully saturated rings. The quantitative estimate of drug-likeness (QED) is 0.433. The van der Waals surface area contributed by atoms with Crippen molar-refractivity contribution in [1.29, 1.82) is 0 Å². The van der Waals surface area contributed by atoms with Crippen molar-refractivity contribution < 1.29 is 0 Å². The Hall–Kier alpha value is -0.780. The van der Waals surface area contributed by atoms with Crippen LogP contribution in [0.25, 0.3) is 0 Å². The van der Waals surface area contributed by atoms with E-state index in [1.54, 1.807) is 6.08 Å². The van der Waals surface area contributed by atoms with Gasteiger partial charge in [-0.2, -0.15) is 0 Å². The lowest BCUT2D eigenvalue weighted by Gasteiger charge is -1.88. The summed E-state index contributed by atoms with van der Waals surface area (Å²) >= 11 is 0. The van der Waals surface area contributed by atoms with Gasteiger partial charge in [-0.1, -0.05) is 30.4 Å². The lowest BCUT2D eigenvalue weighted by molar-refractivity contribution is 1.04. The molecule has 0 heteroatoms. The topological polar surface area (TPSA) is 0 Å². The Balaban J connectivity index is 0.000000187. The highest BCUT2D eigenvalue weighted by atomic mass is 13.8. The first-order valence-electron chi connectivity index (χ1n) is 3.30. The summed E-state index contributed by atoms with van der Waals surface area (Å²) in [6.45, 7) is 5.25. The van der Waals surface area contributed by atoms with Crippen LogP contribution in [-0.4, -0.2) is 0 Å². The molecule has 0 aromatic rings. The number of hydrogen-bond donors (Lipinski definition) is 0. The van der Waals surface area contributed by atoms with Crippen LogP contribution >= 0.6 is 0 Å². The summed E-state index contributed by atoms with van der Waals surface area (Å²) in [5.74, 6) is 0. The molecule has 1 aliphatic carbocycles. The first-order valence-corrected chi connectivity index (χ1v) is 3.30. The molecule has 1 rings (SSSR count). The van der Waals surface area contributed by atoms with E-state index >= 15 is 0 Å². The second-order valence-corrected chi connectivity index (χ2v) is 1.84. The van der Waals surface area contributed by atoms with E-state index in [1.165, 1.54) is 12.8 Å². The van der Waals surface area contributed by atoms with Crippen molar-refractivity contribution in [1.82, 2.24) is 0 Å². The molecule has 0 radical (unpaired) electrons. The molecule has 0 atom stereocenters. The molecule has 0 aromatic carbocycles. The van der Waals surface area contributed by atoms with Crippen LogP contribution < -0.4 is 0 Å². The zero-order chi connectivity index (χ0) is 6.95. The SMILES string of the molecule is C1=CCCC=C1.C=CC. The molecule has 1 aliphatic rings. The molecule has 0 heterocycles. The molecule has 50 valence electrons. The summed E-state index contributed by atoms with van der Waals surface area (Å²) in [5.41, 5.74) is 0. The fourth-order valence-corrected chi connectivity index (χ4v) is 0.542. The number of allylic oxidation sites excluding steroid dienone is 5. The highest BCUT2D eigenvalue weighted by Gasteiger charge is 1.77. The van der Waals surface area contributed by atoms with Crippen molar-refractivity contribution in [2.24, 2.45) is 0 Å². The van der Waals surface area contributed by atoms with E-state index in [2.05, 4.69) is 30.9 Å². The fourth-order valence-electron chi connectivity index (χ4n) is 0.542. The van der Waals surface area contributed by atoms with E-state index in [-0.39, 0.29) is 0 Å². The van der Waals surface area contributed by atoms with Gasteiger partial charge in [0.2, 0.25) is 0 Å². The predicted molar refractivity (Wildman–Crippen MR) is 43.4 cm³/mol. The minimum atomic E-state index is 1.23. The average Bonchev–Trinajstić information content (AvgIpc) is 1.93. The van der Waals surface area contributed by atoms with Gasteiger partial charge in [-0.25, -0.2) is 0 Å². The monoisotopic (exact) mass is 122 g/mol. The molecule has 0 spiro atoms. The third-order valence-electron chi connectivity index (χ3n) is 0.883. The summed E-state index contributed by atoms with van der Waals surface area (Å²) in [5, 5.41) is 0. The molecule has 0 aromatic heterocycles. The Morgan fingerprint density at radius 2 is 1.56 bits per heavy atom. The van der Waals surface area contributed by atoms with Crippen molar-refractivity contribution in [3.05, 3.63) is 37.0 Å². The zero-order valence-electron chi connectivity index (χ0n) is 6.01. The van der Waals surface area contributed by atoms with E-state index in [0.717, 1.165) is 0 Å². The summed E-state index contributed by atoms with van der Waals surface area (Å²) < 4.78 is 0. The Bertz CT molecular complexity index is 95.2. The molecular weight excluding hydrogens is 108 g/mol. The van der Waals surface area contributed by atoms with Crippen LogP contribution in [-0.2, 0) is 0 Å². The molecule has 0 N–H and O–H groups in total. The summed E-state index contributed by atoms with van der Waals surface area (Å²) in [4.78, 5) is 0. The summed E-state index contributed by atoms with van der Waals surface area (Å²) in [7, 11) is 0. The fraction of sp³-hybridized carbons (Fsp3) is 0.333. The van der Waals surface area contributed by atoms with Crippen molar-refractivity contribution in [3.63, 3.8) is 0 Å². The van der Waals surface area contributed by atoms with Gasteiger partial charge in [0.15, 0.2) is 0 Å². The van der Waals surface area contributed by atoms with Crippen LogP contribution in [0, 0.1) is 0 Å². The third kappa shape index (κ3) is 7.22. The smallest absolute Gasteiger partial charge is 0.0313 e. The predicted octanol–water partition coefficient (Wildman–Crippen LogP) is 3.08. The molecule has 0 saturated carbocycles. The van der Waals surface area contributed by atoms with Gasteiger partial charge < -0.3 is 0 Å². The van der Waals surface area contributed by atoms with Crippen LogP contribution in [0.2, 0.25) is 0 Å². The Morgan fingerprint density at radius 1 is 1.22 bits per heavy atom. The molecule has 0 nitrogen and oxygen atoms in total. The van der Waals surface area contributed by atoms with Gasteiger partial charge in [-0.05, 0) is 19.8 Å². The molecule has 0 unspecified atom stereocenters. The van der Waals surface area contributed by atoms with E-state index in [0.29, 0.717) is 0 Å². The maximum absolute atomic E-state index is 3.36. The second kappa shape index (κ2) is 7.22. The van der Waals surface area contributed by atoms with Gasteiger partial charge >= 0.3 is 0 Å². The molecule has 0 aliphatic heterocycles. The maximum Gasteiger partial charge on any atom is -0.0313 e. The average molecular weight is 122 g/mol. The van der Waals surface area contributed by atoms with Crippen LogP contribution in [0.5, 0.6) is 0 Å². The standard InChI is InChI=1S/C6H8.C3H6/c1-2-4-6-5-3-1;1-3-2/h1-4H,5-6H2;3H,1H2,2H3. The van der Waals surface area contributed by atoms with Crippen molar-refractivity contribution in [2.45, 2.75) is 19.8 Å². The molecule has 0 bridgehead atoms. The van der Waals surface area contributed by atoms with Gasteiger partial charge in [-0.15, -0.1) is 6.58 Å². The first-order chi connectivity index (χ1) is 4.41. The Labute approximate surface area is 57.6 Å². The molecule has 0 amide bonds. The Morgan fingerprint density at radius 3 is 1.67 bits per heavy atom. The van der Waals surface area contributed by atoms with Crippen molar-refractivity contribution in [2.75, 3.05) is 0 Å². The van der Waals surface area contributed by atoms with Crippen LogP contribution in [0.4, 0.5) is 0 Å². The van der Waals surface area contributed by atoms with Crippen LogP contribution in [0.1, 0.15) is 19.8 Å². The first kappa shape index (κ1) is 8.22. The maximum atomic E-state index is 3.36. The van der Waals surface area contributed by atoms with E-state index in [9.17, 15) is 0 Å². The van der Waals surface area contributed by atoms with E-state index < -0.39 is 0 Å². The molecular formula is C9H14. The second-order valence-electron chi connectivity index (χ2n) is 1.84. The lowest BCUT2D eigenvalue weighted by atomic mass is 10.2. The third-order valence-corrected chi connectivity index (χ3v) is 0.883. The van der Waals surface area contributed by atoms with E-state index in [4.69, 9.17) is 0 Å². The summed E-state index contributed by atoms with van der Waals surface area (Å²) in [6.07, 6.45) is 12.8. The highest BCUT2D eigenvalue weighted by molar-refractivity contribution is 5.07. The number of rotatable bonds is 0. The zero-order valence-corrected chi connectivity index (χ0v) is 6.01. The largest absolute Gasteiger partial charge is 0.103 e. The Kier molecular flexibility index (Phi) is 6.59. The molecule has 0 saturated heterocycles. The molecule has 9 heavy (non-hydrogen) atoms. The summed E-state index contributed by atoms with van der Waals surface area (Å²) in [6, 6.07) is 0. The van der Waals surface area contributed by atoms with Gasteiger partial charge in [0.1, 0.15) is 0 Å². The van der Waals surface area contributed by atoms with Gasteiger partial charge in [0.05, 0.1) is 0 Å².